The minimum Gasteiger partial charge on any atom is -0.392 e. The van der Waals surface area contributed by atoms with Crippen LogP contribution in [0.15, 0.2) is 24.3 Å². The molecule has 18 heavy (non-hydrogen) atoms. The number of aliphatic hydroxyl groups excluding tert-OH is 1. The van der Waals surface area contributed by atoms with Crippen molar-refractivity contribution < 1.29 is 5.11 Å². The highest BCUT2D eigenvalue weighted by Gasteiger charge is 2.14. The molecule has 1 unspecified atom stereocenters. The SMILES string of the molecule is OC(CCl)Cc1ccc(C2CCCCCC2)cc1. The highest BCUT2D eigenvalue weighted by atomic mass is 35.5. The van der Waals surface area contributed by atoms with E-state index in [9.17, 15) is 5.11 Å². The zero-order valence-corrected chi connectivity index (χ0v) is 11.7. The van der Waals surface area contributed by atoms with Gasteiger partial charge in [0.05, 0.1) is 6.10 Å². The van der Waals surface area contributed by atoms with Crippen LogP contribution in [0.4, 0.5) is 0 Å². The molecule has 2 rings (SSSR count). The third-order valence-corrected chi connectivity index (χ3v) is 4.31. The third kappa shape index (κ3) is 4.00. The Kier molecular flexibility index (Phi) is 5.52. The number of benzene rings is 1. The molecule has 2 heteroatoms. The summed E-state index contributed by atoms with van der Waals surface area (Å²) in [6.45, 7) is 0. The summed E-state index contributed by atoms with van der Waals surface area (Å²) in [6, 6.07) is 8.78. The molecule has 0 bridgehead atoms. The van der Waals surface area contributed by atoms with Crippen LogP contribution >= 0.6 is 11.6 Å². The highest BCUT2D eigenvalue weighted by Crippen LogP contribution is 2.31. The van der Waals surface area contributed by atoms with Gasteiger partial charge in [0.2, 0.25) is 0 Å². The lowest BCUT2D eigenvalue weighted by molar-refractivity contribution is 0.199. The van der Waals surface area contributed by atoms with E-state index in [4.69, 9.17) is 11.6 Å². The summed E-state index contributed by atoms with van der Waals surface area (Å²) >= 11 is 5.62. The van der Waals surface area contributed by atoms with Crippen molar-refractivity contribution in [2.24, 2.45) is 0 Å². The summed E-state index contributed by atoms with van der Waals surface area (Å²) in [6.07, 6.45) is 8.46. The molecule has 1 N–H and O–H groups in total. The number of halogens is 1. The lowest BCUT2D eigenvalue weighted by Crippen LogP contribution is -2.11. The van der Waals surface area contributed by atoms with Gasteiger partial charge in [-0.05, 0) is 36.3 Å². The van der Waals surface area contributed by atoms with Crippen LogP contribution in [0.1, 0.15) is 55.6 Å². The average molecular weight is 267 g/mol. The molecule has 0 aliphatic heterocycles. The van der Waals surface area contributed by atoms with Crippen LogP contribution in [-0.4, -0.2) is 17.1 Å². The molecule has 0 heterocycles. The fourth-order valence-corrected chi connectivity index (χ4v) is 2.97. The number of hydrogen-bond donors (Lipinski definition) is 1. The summed E-state index contributed by atoms with van der Waals surface area (Å²) in [7, 11) is 0. The molecule has 0 radical (unpaired) electrons. The molecule has 1 fully saturated rings. The quantitative estimate of drug-likeness (QED) is 0.638. The standard InChI is InChI=1S/C16H23ClO/c17-12-16(18)11-13-7-9-15(10-8-13)14-5-3-1-2-4-6-14/h7-10,14,16,18H,1-6,11-12H2. The monoisotopic (exact) mass is 266 g/mol. The van der Waals surface area contributed by atoms with E-state index in [0.717, 1.165) is 5.92 Å². The number of alkyl halides is 1. The summed E-state index contributed by atoms with van der Waals surface area (Å²) in [4.78, 5) is 0. The van der Waals surface area contributed by atoms with Gasteiger partial charge in [-0.3, -0.25) is 0 Å². The van der Waals surface area contributed by atoms with Crippen LogP contribution in [0, 0.1) is 0 Å². The Labute approximate surface area is 115 Å². The van der Waals surface area contributed by atoms with Crippen molar-refractivity contribution in [3.05, 3.63) is 35.4 Å². The Morgan fingerprint density at radius 2 is 1.67 bits per heavy atom. The fourth-order valence-electron chi connectivity index (χ4n) is 2.87. The number of hydrogen-bond acceptors (Lipinski definition) is 1. The zero-order valence-electron chi connectivity index (χ0n) is 10.9. The Hall–Kier alpha value is -0.530. The molecule has 1 aromatic carbocycles. The molecule has 1 aliphatic rings. The molecule has 100 valence electrons. The molecular formula is C16H23ClO. The van der Waals surface area contributed by atoms with Crippen LogP contribution in [0.2, 0.25) is 0 Å². The maximum Gasteiger partial charge on any atom is 0.0715 e. The lowest BCUT2D eigenvalue weighted by Gasteiger charge is -2.15. The number of aliphatic hydroxyl groups is 1. The molecule has 1 nitrogen and oxygen atoms in total. The normalized spacial score (nSPS) is 19.4. The van der Waals surface area contributed by atoms with E-state index in [1.54, 1.807) is 0 Å². The van der Waals surface area contributed by atoms with Gasteiger partial charge < -0.3 is 5.11 Å². The summed E-state index contributed by atoms with van der Waals surface area (Å²) in [5.74, 6) is 1.06. The second kappa shape index (κ2) is 7.16. The topological polar surface area (TPSA) is 20.2 Å². The molecule has 1 saturated carbocycles. The van der Waals surface area contributed by atoms with E-state index in [1.165, 1.54) is 49.7 Å². The predicted octanol–water partition coefficient (Wildman–Crippen LogP) is 4.27. The van der Waals surface area contributed by atoms with Crippen LogP contribution in [-0.2, 0) is 6.42 Å². The van der Waals surface area contributed by atoms with E-state index in [0.29, 0.717) is 12.3 Å². The Morgan fingerprint density at radius 3 is 2.22 bits per heavy atom. The molecular weight excluding hydrogens is 244 g/mol. The van der Waals surface area contributed by atoms with Gasteiger partial charge in [0.15, 0.2) is 0 Å². The van der Waals surface area contributed by atoms with Crippen LogP contribution in [0.3, 0.4) is 0 Å². The zero-order chi connectivity index (χ0) is 12.8. The van der Waals surface area contributed by atoms with Crippen molar-refractivity contribution in [1.29, 1.82) is 0 Å². The van der Waals surface area contributed by atoms with Gasteiger partial charge >= 0.3 is 0 Å². The first kappa shape index (κ1) is 13.9. The van der Waals surface area contributed by atoms with Gasteiger partial charge in [-0.25, -0.2) is 0 Å². The molecule has 1 aromatic rings. The largest absolute Gasteiger partial charge is 0.392 e. The average Bonchev–Trinajstić information content (AvgIpc) is 2.68. The van der Waals surface area contributed by atoms with Gasteiger partial charge in [0, 0.05) is 5.88 Å². The van der Waals surface area contributed by atoms with Crippen molar-refractivity contribution in [2.75, 3.05) is 5.88 Å². The van der Waals surface area contributed by atoms with Crippen LogP contribution in [0.25, 0.3) is 0 Å². The van der Waals surface area contributed by atoms with E-state index in [1.807, 2.05) is 0 Å². The van der Waals surface area contributed by atoms with Crippen molar-refractivity contribution in [3.8, 4) is 0 Å². The Bertz CT molecular complexity index is 339. The first-order valence-electron chi connectivity index (χ1n) is 7.12. The minimum absolute atomic E-state index is 0.310. The molecule has 0 amide bonds. The van der Waals surface area contributed by atoms with E-state index in [-0.39, 0.29) is 0 Å². The van der Waals surface area contributed by atoms with E-state index in [2.05, 4.69) is 24.3 Å². The van der Waals surface area contributed by atoms with Gasteiger partial charge in [-0.2, -0.15) is 0 Å². The first-order valence-corrected chi connectivity index (χ1v) is 7.66. The summed E-state index contributed by atoms with van der Waals surface area (Å²) in [5.41, 5.74) is 2.65. The second-order valence-electron chi connectivity index (χ2n) is 5.44. The van der Waals surface area contributed by atoms with Crippen LogP contribution < -0.4 is 0 Å². The lowest BCUT2D eigenvalue weighted by atomic mass is 9.91. The second-order valence-corrected chi connectivity index (χ2v) is 5.75. The first-order chi connectivity index (χ1) is 8.79. The Balaban J connectivity index is 1.97. The van der Waals surface area contributed by atoms with Crippen molar-refractivity contribution in [1.82, 2.24) is 0 Å². The van der Waals surface area contributed by atoms with E-state index < -0.39 is 6.10 Å². The maximum absolute atomic E-state index is 9.53. The molecule has 0 saturated heterocycles. The molecule has 1 aliphatic carbocycles. The van der Waals surface area contributed by atoms with Crippen LogP contribution in [0.5, 0.6) is 0 Å². The van der Waals surface area contributed by atoms with Crippen molar-refractivity contribution in [2.45, 2.75) is 57.0 Å². The predicted molar refractivity (Wildman–Crippen MR) is 77.3 cm³/mol. The summed E-state index contributed by atoms with van der Waals surface area (Å²) in [5, 5.41) is 9.53. The number of rotatable bonds is 4. The smallest absolute Gasteiger partial charge is 0.0715 e. The van der Waals surface area contributed by atoms with Gasteiger partial charge in [0.1, 0.15) is 0 Å². The minimum atomic E-state index is -0.421. The fraction of sp³-hybridized carbons (Fsp3) is 0.625. The summed E-state index contributed by atoms with van der Waals surface area (Å²) < 4.78 is 0. The molecule has 0 spiro atoms. The van der Waals surface area contributed by atoms with Crippen molar-refractivity contribution in [3.63, 3.8) is 0 Å². The van der Waals surface area contributed by atoms with Gasteiger partial charge in [-0.15, -0.1) is 11.6 Å². The van der Waals surface area contributed by atoms with Gasteiger partial charge in [0.25, 0.3) is 0 Å². The maximum atomic E-state index is 9.53. The third-order valence-electron chi connectivity index (χ3n) is 3.96. The van der Waals surface area contributed by atoms with E-state index >= 15 is 0 Å². The molecule has 1 atom stereocenters. The molecule has 0 aromatic heterocycles. The Morgan fingerprint density at radius 1 is 1.06 bits per heavy atom. The van der Waals surface area contributed by atoms with Gasteiger partial charge in [-0.1, -0.05) is 49.9 Å². The highest BCUT2D eigenvalue weighted by molar-refractivity contribution is 6.18. The van der Waals surface area contributed by atoms with Crippen molar-refractivity contribution >= 4 is 11.6 Å².